The molecule has 1 aliphatic carbocycles. The summed E-state index contributed by atoms with van der Waals surface area (Å²) in [5.41, 5.74) is 1.15. The van der Waals surface area contributed by atoms with E-state index in [0.29, 0.717) is 11.3 Å². The summed E-state index contributed by atoms with van der Waals surface area (Å²) in [4.78, 5) is 25.2. The number of Topliss-reactive ketones (excluding diaryl/α,β-unsaturated/α-hetero) is 2. The van der Waals surface area contributed by atoms with Crippen molar-refractivity contribution in [2.24, 2.45) is 0 Å². The quantitative estimate of drug-likeness (QED) is 0.370. The summed E-state index contributed by atoms with van der Waals surface area (Å²) in [6, 6.07) is 24.8. The third-order valence-corrected chi connectivity index (χ3v) is 4.89. The summed E-state index contributed by atoms with van der Waals surface area (Å²) in [6.07, 6.45) is 1.68. The summed E-state index contributed by atoms with van der Waals surface area (Å²) in [7, 11) is 0. The molecule has 0 heterocycles. The van der Waals surface area contributed by atoms with Crippen molar-refractivity contribution in [2.45, 2.75) is 0 Å². The number of benzene rings is 4. The standard InChI is InChI=1S/C24H14O3/c25-23-20-13-12-18-17-9-5-4-6-15(17)10-11-19(18)21(20)14-22(24(23)26)27-16-7-2-1-3-8-16/h1-14H. The molecule has 0 fully saturated rings. The number of hydrogen-bond donors (Lipinski definition) is 0. The van der Waals surface area contributed by atoms with Gasteiger partial charge >= 0.3 is 0 Å². The molecule has 0 aliphatic heterocycles. The fraction of sp³-hybridized carbons (Fsp3) is 0. The van der Waals surface area contributed by atoms with Gasteiger partial charge in [0, 0.05) is 5.56 Å². The fourth-order valence-corrected chi connectivity index (χ4v) is 3.59. The Kier molecular flexibility index (Phi) is 3.41. The van der Waals surface area contributed by atoms with Crippen LogP contribution in [0.15, 0.2) is 84.6 Å². The van der Waals surface area contributed by atoms with Gasteiger partial charge in [0.1, 0.15) is 5.75 Å². The van der Waals surface area contributed by atoms with Crippen LogP contribution in [-0.4, -0.2) is 11.6 Å². The van der Waals surface area contributed by atoms with Gasteiger partial charge in [-0.1, -0.05) is 60.7 Å². The number of hydrogen-bond acceptors (Lipinski definition) is 3. The molecule has 4 aromatic rings. The number of allylic oxidation sites excluding steroid dienone is 1. The number of carbonyl (C=O) groups excluding carboxylic acids is 2. The molecule has 3 nitrogen and oxygen atoms in total. The van der Waals surface area contributed by atoms with Crippen LogP contribution in [0.2, 0.25) is 0 Å². The van der Waals surface area contributed by atoms with Crippen molar-refractivity contribution >= 4 is 39.2 Å². The SMILES string of the molecule is O=C1C(=O)c2ccc3c(ccc4ccccc43)c2C=C1Oc1ccccc1. The topological polar surface area (TPSA) is 43.4 Å². The molecule has 0 bridgehead atoms. The van der Waals surface area contributed by atoms with Crippen molar-refractivity contribution < 1.29 is 14.3 Å². The maximum Gasteiger partial charge on any atom is 0.268 e. The van der Waals surface area contributed by atoms with Gasteiger partial charge in [0.15, 0.2) is 5.76 Å². The van der Waals surface area contributed by atoms with Crippen LogP contribution in [0.5, 0.6) is 5.75 Å². The number of ketones is 2. The van der Waals surface area contributed by atoms with E-state index < -0.39 is 11.6 Å². The number of para-hydroxylation sites is 1. The molecular weight excluding hydrogens is 336 g/mol. The summed E-state index contributed by atoms with van der Waals surface area (Å²) in [6.45, 7) is 0. The first-order valence-corrected chi connectivity index (χ1v) is 8.70. The molecule has 27 heavy (non-hydrogen) atoms. The van der Waals surface area contributed by atoms with Gasteiger partial charge in [-0.2, -0.15) is 0 Å². The molecule has 0 unspecified atom stereocenters. The minimum absolute atomic E-state index is 0.0550. The third kappa shape index (κ3) is 2.44. The van der Waals surface area contributed by atoms with Crippen molar-refractivity contribution in [3.63, 3.8) is 0 Å². The van der Waals surface area contributed by atoms with Crippen molar-refractivity contribution in [3.05, 3.63) is 95.7 Å². The zero-order valence-corrected chi connectivity index (χ0v) is 14.3. The average molecular weight is 350 g/mol. The lowest BCUT2D eigenvalue weighted by Gasteiger charge is -2.17. The van der Waals surface area contributed by atoms with Gasteiger partial charge in [-0.25, -0.2) is 0 Å². The van der Waals surface area contributed by atoms with E-state index in [9.17, 15) is 9.59 Å². The predicted molar refractivity (Wildman–Crippen MR) is 106 cm³/mol. The Bertz CT molecular complexity index is 1270. The molecule has 0 spiro atoms. The Morgan fingerprint density at radius 1 is 0.593 bits per heavy atom. The van der Waals surface area contributed by atoms with Gasteiger partial charge in [0.05, 0.1) is 0 Å². The molecule has 5 rings (SSSR count). The summed E-state index contributed by atoms with van der Waals surface area (Å²) in [5, 5.41) is 4.22. The maximum atomic E-state index is 12.7. The van der Waals surface area contributed by atoms with Crippen molar-refractivity contribution in [1.29, 1.82) is 0 Å². The maximum absolute atomic E-state index is 12.7. The zero-order chi connectivity index (χ0) is 18.4. The molecule has 0 saturated heterocycles. The largest absolute Gasteiger partial charge is 0.453 e. The van der Waals surface area contributed by atoms with Crippen LogP contribution in [0.25, 0.3) is 27.6 Å². The minimum Gasteiger partial charge on any atom is -0.453 e. The van der Waals surface area contributed by atoms with Crippen LogP contribution in [-0.2, 0) is 4.79 Å². The second-order valence-electron chi connectivity index (χ2n) is 6.49. The smallest absolute Gasteiger partial charge is 0.268 e. The van der Waals surface area contributed by atoms with Crippen LogP contribution in [0.1, 0.15) is 15.9 Å². The van der Waals surface area contributed by atoms with Crippen molar-refractivity contribution in [1.82, 2.24) is 0 Å². The van der Waals surface area contributed by atoms with E-state index in [4.69, 9.17) is 4.74 Å². The number of rotatable bonds is 2. The van der Waals surface area contributed by atoms with Gasteiger partial charge in [-0.3, -0.25) is 9.59 Å². The van der Waals surface area contributed by atoms with E-state index >= 15 is 0 Å². The lowest BCUT2D eigenvalue weighted by atomic mass is 9.88. The highest BCUT2D eigenvalue weighted by atomic mass is 16.5. The second kappa shape index (κ2) is 5.92. The second-order valence-corrected chi connectivity index (χ2v) is 6.49. The Balaban J connectivity index is 1.75. The highest BCUT2D eigenvalue weighted by Gasteiger charge is 2.30. The number of carbonyl (C=O) groups is 2. The van der Waals surface area contributed by atoms with Crippen molar-refractivity contribution in [3.8, 4) is 5.75 Å². The normalized spacial score (nSPS) is 13.6. The molecule has 0 radical (unpaired) electrons. The van der Waals surface area contributed by atoms with E-state index in [2.05, 4.69) is 12.1 Å². The predicted octanol–water partition coefficient (Wildman–Crippen LogP) is 5.18. The lowest BCUT2D eigenvalue weighted by Crippen LogP contribution is -2.24. The first kappa shape index (κ1) is 15.5. The molecule has 0 atom stereocenters. The first-order valence-electron chi connectivity index (χ1n) is 8.70. The Morgan fingerprint density at radius 2 is 1.33 bits per heavy atom. The minimum atomic E-state index is -0.619. The molecule has 0 aromatic heterocycles. The van der Waals surface area contributed by atoms with Crippen LogP contribution in [0.4, 0.5) is 0 Å². The Morgan fingerprint density at radius 3 is 2.19 bits per heavy atom. The monoisotopic (exact) mass is 350 g/mol. The molecule has 0 N–H and O–H groups in total. The number of ether oxygens (including phenoxy) is 1. The van der Waals surface area contributed by atoms with E-state index in [1.54, 1.807) is 24.3 Å². The third-order valence-electron chi connectivity index (χ3n) is 4.89. The van der Waals surface area contributed by atoms with Crippen LogP contribution in [0, 0.1) is 0 Å². The summed E-state index contributed by atoms with van der Waals surface area (Å²) >= 11 is 0. The summed E-state index contributed by atoms with van der Waals surface area (Å²) < 4.78 is 5.72. The van der Waals surface area contributed by atoms with Crippen LogP contribution >= 0.6 is 0 Å². The van der Waals surface area contributed by atoms with E-state index in [1.165, 1.54) is 0 Å². The van der Waals surface area contributed by atoms with Crippen LogP contribution in [0.3, 0.4) is 0 Å². The molecule has 4 aromatic carbocycles. The van der Waals surface area contributed by atoms with E-state index in [1.807, 2.05) is 48.5 Å². The number of fused-ring (bicyclic) bond motifs is 5. The molecule has 0 saturated carbocycles. The van der Waals surface area contributed by atoms with Gasteiger partial charge in [-0.15, -0.1) is 0 Å². The zero-order valence-electron chi connectivity index (χ0n) is 14.3. The lowest BCUT2D eigenvalue weighted by molar-refractivity contribution is -0.113. The molecule has 3 heteroatoms. The van der Waals surface area contributed by atoms with Gasteiger partial charge in [-0.05, 0) is 51.4 Å². The highest BCUT2D eigenvalue weighted by molar-refractivity contribution is 6.52. The van der Waals surface area contributed by atoms with E-state index in [0.717, 1.165) is 27.1 Å². The highest BCUT2D eigenvalue weighted by Crippen LogP contribution is 2.34. The molecule has 1 aliphatic rings. The Labute approximate surface area is 155 Å². The molecule has 0 amide bonds. The molecule has 128 valence electrons. The van der Waals surface area contributed by atoms with Gasteiger partial charge in [0.25, 0.3) is 5.78 Å². The molecular formula is C24H14O3. The fourth-order valence-electron chi connectivity index (χ4n) is 3.59. The summed E-state index contributed by atoms with van der Waals surface area (Å²) in [5.74, 6) is -0.571. The Hall–Kier alpha value is -3.72. The first-order chi connectivity index (χ1) is 13.2. The van der Waals surface area contributed by atoms with Crippen LogP contribution < -0.4 is 4.74 Å². The van der Waals surface area contributed by atoms with Gasteiger partial charge < -0.3 is 4.74 Å². The average Bonchev–Trinajstić information content (AvgIpc) is 2.72. The van der Waals surface area contributed by atoms with Gasteiger partial charge in [0.2, 0.25) is 5.78 Å². The van der Waals surface area contributed by atoms with Crippen molar-refractivity contribution in [2.75, 3.05) is 0 Å². The van der Waals surface area contributed by atoms with E-state index in [-0.39, 0.29) is 5.76 Å².